The topological polar surface area (TPSA) is 107 Å². The molecule has 1 rings (SSSR count). The van der Waals surface area contributed by atoms with Crippen molar-refractivity contribution in [2.75, 3.05) is 0 Å². The summed E-state index contributed by atoms with van der Waals surface area (Å²) >= 11 is 0. The van der Waals surface area contributed by atoms with Gasteiger partial charge in [-0.15, -0.1) is 0 Å². The first-order valence-electron chi connectivity index (χ1n) is 7.19. The molecule has 0 spiro atoms. The highest BCUT2D eigenvalue weighted by Gasteiger charge is 2.32. The van der Waals surface area contributed by atoms with Crippen LogP contribution in [0.1, 0.15) is 62.3 Å². The van der Waals surface area contributed by atoms with Gasteiger partial charge in [-0.1, -0.05) is 6.07 Å². The fourth-order valence-electron chi connectivity index (χ4n) is 1.80. The molecule has 0 radical (unpaired) electrons. The largest absolute Gasteiger partial charge is 0.456 e. The van der Waals surface area contributed by atoms with Crippen molar-refractivity contribution in [3.05, 3.63) is 29.3 Å². The van der Waals surface area contributed by atoms with Crippen molar-refractivity contribution >= 4 is 22.1 Å². The van der Waals surface area contributed by atoms with Crippen LogP contribution >= 0.6 is 0 Å². The molecule has 1 N–H and O–H groups in total. The van der Waals surface area contributed by atoms with Gasteiger partial charge in [0.1, 0.15) is 16.1 Å². The van der Waals surface area contributed by atoms with Gasteiger partial charge in [-0.25, -0.2) is 9.59 Å². The molecule has 7 nitrogen and oxygen atoms in total. The predicted molar refractivity (Wildman–Crippen MR) is 86.6 cm³/mol. The lowest BCUT2D eigenvalue weighted by Crippen LogP contribution is -2.27. The van der Waals surface area contributed by atoms with Crippen LogP contribution in [0, 0.1) is 0 Å². The van der Waals surface area contributed by atoms with Crippen LogP contribution in [0.5, 0.6) is 0 Å². The number of esters is 2. The predicted octanol–water partition coefficient (Wildman–Crippen LogP) is 2.84. The lowest BCUT2D eigenvalue weighted by molar-refractivity contribution is 0.00618. The van der Waals surface area contributed by atoms with Gasteiger partial charge in [0.25, 0.3) is 10.1 Å². The van der Waals surface area contributed by atoms with Gasteiger partial charge in [-0.2, -0.15) is 8.42 Å². The summed E-state index contributed by atoms with van der Waals surface area (Å²) in [5.74, 6) is -1.94. The first-order chi connectivity index (χ1) is 10.6. The molecule has 0 atom stereocenters. The molecule has 0 aromatic heterocycles. The average molecular weight is 358 g/mol. The maximum absolute atomic E-state index is 12.2. The highest BCUT2D eigenvalue weighted by atomic mass is 32.2. The van der Waals surface area contributed by atoms with Crippen LogP contribution in [0.15, 0.2) is 23.1 Å². The van der Waals surface area contributed by atoms with E-state index in [4.69, 9.17) is 9.47 Å². The zero-order valence-electron chi connectivity index (χ0n) is 14.5. The highest BCUT2D eigenvalue weighted by Crippen LogP contribution is 2.25. The zero-order chi connectivity index (χ0) is 18.9. The molecule has 0 fully saturated rings. The molecule has 1 aromatic carbocycles. The fourth-order valence-corrected chi connectivity index (χ4v) is 2.66. The summed E-state index contributed by atoms with van der Waals surface area (Å²) in [6, 6.07) is 3.63. The Bertz CT molecular complexity index is 703. The van der Waals surface area contributed by atoms with Crippen LogP contribution < -0.4 is 0 Å². The molecule has 0 saturated carbocycles. The lowest BCUT2D eigenvalue weighted by atomic mass is 10.1. The molecule has 0 saturated heterocycles. The van der Waals surface area contributed by atoms with E-state index in [1.807, 2.05) is 0 Å². The van der Waals surface area contributed by atoms with Gasteiger partial charge in [0.2, 0.25) is 0 Å². The van der Waals surface area contributed by atoms with E-state index in [1.165, 1.54) is 6.07 Å². The van der Waals surface area contributed by atoms with Crippen molar-refractivity contribution < 1.29 is 32.0 Å². The van der Waals surface area contributed by atoms with Gasteiger partial charge in [0, 0.05) is 0 Å². The Balaban J connectivity index is 3.51. The molecular weight excluding hydrogens is 336 g/mol. The van der Waals surface area contributed by atoms with Crippen molar-refractivity contribution in [3.8, 4) is 0 Å². The summed E-state index contributed by atoms with van der Waals surface area (Å²) in [5, 5.41) is 0. The normalized spacial score (nSPS) is 12.6. The number of benzene rings is 1. The summed E-state index contributed by atoms with van der Waals surface area (Å²) in [4.78, 5) is 23.7. The highest BCUT2D eigenvalue weighted by molar-refractivity contribution is 7.86. The Morgan fingerprint density at radius 3 is 1.46 bits per heavy atom. The third-order valence-corrected chi connectivity index (χ3v) is 3.47. The van der Waals surface area contributed by atoms with E-state index in [9.17, 15) is 22.6 Å². The molecule has 0 aliphatic carbocycles. The molecule has 1 aromatic rings. The molecule has 0 aliphatic heterocycles. The monoisotopic (exact) mass is 358 g/mol. The number of hydrogen-bond donors (Lipinski definition) is 1. The van der Waals surface area contributed by atoms with E-state index < -0.39 is 49.3 Å². The number of hydrogen-bond acceptors (Lipinski definition) is 6. The number of rotatable bonds is 3. The van der Waals surface area contributed by atoms with Gasteiger partial charge < -0.3 is 9.47 Å². The molecule has 0 unspecified atom stereocenters. The van der Waals surface area contributed by atoms with Gasteiger partial charge in [-0.05, 0) is 53.7 Å². The Kier molecular flexibility index (Phi) is 5.47. The third kappa shape index (κ3) is 5.61. The van der Waals surface area contributed by atoms with E-state index in [2.05, 4.69) is 0 Å². The lowest BCUT2D eigenvalue weighted by Gasteiger charge is -2.22. The molecule has 0 bridgehead atoms. The summed E-state index contributed by atoms with van der Waals surface area (Å²) < 4.78 is 43.3. The van der Waals surface area contributed by atoms with Gasteiger partial charge in [0.05, 0.1) is 11.1 Å². The van der Waals surface area contributed by atoms with Crippen molar-refractivity contribution in [1.82, 2.24) is 0 Å². The minimum atomic E-state index is -4.87. The number of carbonyl (C=O) groups is 2. The maximum atomic E-state index is 12.2. The molecule has 0 heterocycles. The minimum Gasteiger partial charge on any atom is -0.456 e. The summed E-state index contributed by atoms with van der Waals surface area (Å²) in [5.41, 5.74) is -2.63. The van der Waals surface area contributed by atoms with E-state index >= 15 is 0 Å². The van der Waals surface area contributed by atoms with Gasteiger partial charge in [-0.3, -0.25) is 4.55 Å². The van der Waals surface area contributed by atoms with Crippen molar-refractivity contribution in [3.63, 3.8) is 0 Å². The van der Waals surface area contributed by atoms with Crippen LogP contribution in [-0.4, -0.2) is 36.1 Å². The molecule has 24 heavy (non-hydrogen) atoms. The molecule has 0 amide bonds. The van der Waals surface area contributed by atoms with Crippen LogP contribution in [0.25, 0.3) is 0 Å². The van der Waals surface area contributed by atoms with E-state index in [-0.39, 0.29) is 0 Å². The van der Waals surface area contributed by atoms with Crippen LogP contribution in [0.4, 0.5) is 0 Å². The summed E-state index contributed by atoms with van der Waals surface area (Å²) in [6.45, 7) is 9.64. The Morgan fingerprint density at radius 1 is 0.875 bits per heavy atom. The maximum Gasteiger partial charge on any atom is 0.340 e. The Morgan fingerprint density at radius 2 is 1.21 bits per heavy atom. The van der Waals surface area contributed by atoms with Crippen LogP contribution in [-0.2, 0) is 19.6 Å². The second-order valence-electron chi connectivity index (χ2n) is 7.16. The van der Waals surface area contributed by atoms with Gasteiger partial charge in [0.15, 0.2) is 0 Å². The number of carbonyl (C=O) groups excluding carboxylic acids is 2. The SMILES string of the molecule is CC(C)(C)OC(=O)c1cccc(C(=O)OC(C)(C)C)c1S(=O)(=O)O. The minimum absolute atomic E-state index is 0.434. The van der Waals surface area contributed by atoms with Crippen molar-refractivity contribution in [1.29, 1.82) is 0 Å². The quantitative estimate of drug-likeness (QED) is 0.654. The molecular formula is C16H22O7S. The smallest absolute Gasteiger partial charge is 0.340 e. The third-order valence-electron chi connectivity index (χ3n) is 2.51. The second kappa shape index (κ2) is 6.52. The van der Waals surface area contributed by atoms with Crippen LogP contribution in [0.3, 0.4) is 0 Å². The van der Waals surface area contributed by atoms with E-state index in [0.717, 1.165) is 12.1 Å². The van der Waals surface area contributed by atoms with Gasteiger partial charge >= 0.3 is 11.9 Å². The first kappa shape index (κ1) is 20.1. The molecule has 0 aliphatic rings. The molecule has 8 heteroatoms. The Hall–Kier alpha value is -1.93. The average Bonchev–Trinajstić information content (AvgIpc) is 2.32. The van der Waals surface area contributed by atoms with Crippen LogP contribution in [0.2, 0.25) is 0 Å². The van der Waals surface area contributed by atoms with Crippen molar-refractivity contribution in [2.24, 2.45) is 0 Å². The Labute approximate surface area is 141 Å². The fraction of sp³-hybridized carbons (Fsp3) is 0.500. The summed E-state index contributed by atoms with van der Waals surface area (Å²) in [6.07, 6.45) is 0. The number of ether oxygens (including phenoxy) is 2. The second-order valence-corrected chi connectivity index (χ2v) is 8.52. The zero-order valence-corrected chi connectivity index (χ0v) is 15.4. The van der Waals surface area contributed by atoms with Crippen molar-refractivity contribution in [2.45, 2.75) is 57.6 Å². The summed E-state index contributed by atoms with van der Waals surface area (Å²) in [7, 11) is -4.87. The molecule has 134 valence electrons. The van der Waals surface area contributed by atoms with E-state index in [0.29, 0.717) is 0 Å². The van der Waals surface area contributed by atoms with E-state index in [1.54, 1.807) is 41.5 Å². The standard InChI is InChI=1S/C16H22O7S/c1-15(2,3)22-13(17)10-8-7-9-11(12(10)24(19,20)21)14(18)23-16(4,5)6/h7-9H,1-6H3,(H,19,20,21). The first-order valence-corrected chi connectivity index (χ1v) is 8.63.